The van der Waals surface area contributed by atoms with E-state index in [2.05, 4.69) is 0 Å². The molecular weight excluding hydrogens is 222 g/mol. The van der Waals surface area contributed by atoms with E-state index < -0.39 is 11.5 Å². The molecule has 5 heteroatoms. The Morgan fingerprint density at radius 2 is 1.94 bits per heavy atom. The van der Waals surface area contributed by atoms with Crippen molar-refractivity contribution in [2.45, 2.75) is 0 Å². The number of carboxylic acids is 1. The van der Waals surface area contributed by atoms with Crippen LogP contribution in [0.15, 0.2) is 47.4 Å². The summed E-state index contributed by atoms with van der Waals surface area (Å²) in [6.45, 7) is 0. The first-order chi connectivity index (χ1) is 8.09. The highest BCUT2D eigenvalue weighted by molar-refractivity contribution is 5.88. The minimum Gasteiger partial charge on any atom is -0.503 e. The van der Waals surface area contributed by atoms with Crippen LogP contribution in [0.5, 0.6) is 5.75 Å². The first-order valence-electron chi connectivity index (χ1n) is 4.84. The number of nitrogens with zero attached hydrogens (tertiary/aromatic N) is 1. The Labute approximate surface area is 96.2 Å². The zero-order valence-corrected chi connectivity index (χ0v) is 8.70. The Hall–Kier alpha value is -2.56. The van der Waals surface area contributed by atoms with Crippen LogP contribution in [0.4, 0.5) is 0 Å². The van der Waals surface area contributed by atoms with Gasteiger partial charge in [0.25, 0.3) is 5.56 Å². The second kappa shape index (κ2) is 4.13. The fraction of sp³-hybridized carbons (Fsp3) is 0. The number of aromatic nitrogens is 1. The van der Waals surface area contributed by atoms with Crippen LogP contribution in [-0.4, -0.2) is 20.7 Å². The lowest BCUT2D eigenvalue weighted by atomic mass is 10.2. The number of hydrogen-bond donors (Lipinski definition) is 2. The predicted octanol–water partition coefficient (Wildman–Crippen LogP) is 1.24. The van der Waals surface area contributed by atoms with Crippen molar-refractivity contribution < 1.29 is 15.0 Å². The van der Waals surface area contributed by atoms with Gasteiger partial charge in [-0.2, -0.15) is 0 Å². The first kappa shape index (κ1) is 10.9. The molecule has 1 aromatic heterocycles. The number of carbonyl (C=O) groups is 1. The highest BCUT2D eigenvalue weighted by atomic mass is 16.4. The van der Waals surface area contributed by atoms with E-state index in [1.54, 1.807) is 6.07 Å². The van der Waals surface area contributed by atoms with E-state index in [4.69, 9.17) is 5.11 Å². The third kappa shape index (κ3) is 2.03. The Kier molecular flexibility index (Phi) is 2.66. The van der Waals surface area contributed by atoms with Crippen LogP contribution < -0.4 is 5.56 Å². The van der Waals surface area contributed by atoms with Gasteiger partial charge in [-0.1, -0.05) is 6.07 Å². The summed E-state index contributed by atoms with van der Waals surface area (Å²) in [6, 6.07) is 8.70. The molecule has 0 aliphatic heterocycles. The van der Waals surface area contributed by atoms with Crippen LogP contribution >= 0.6 is 0 Å². The molecule has 0 fully saturated rings. The van der Waals surface area contributed by atoms with Crippen LogP contribution in [-0.2, 0) is 0 Å². The highest BCUT2D eigenvalue weighted by Crippen LogP contribution is 2.10. The van der Waals surface area contributed by atoms with Crippen molar-refractivity contribution >= 4 is 5.97 Å². The number of hydrogen-bond acceptors (Lipinski definition) is 3. The molecule has 0 amide bonds. The summed E-state index contributed by atoms with van der Waals surface area (Å²) in [6.07, 6.45) is 1.46. The summed E-state index contributed by atoms with van der Waals surface area (Å²) in [4.78, 5) is 22.4. The molecule has 0 spiro atoms. The normalized spacial score (nSPS) is 10.1. The molecule has 2 N–H and O–H groups in total. The summed E-state index contributed by atoms with van der Waals surface area (Å²) in [5.41, 5.74) is -0.112. The number of pyridine rings is 1. The van der Waals surface area contributed by atoms with E-state index in [0.29, 0.717) is 5.69 Å². The van der Waals surface area contributed by atoms with Gasteiger partial charge in [0.05, 0.1) is 5.56 Å². The molecule has 0 radical (unpaired) electrons. The monoisotopic (exact) mass is 231 g/mol. The third-order valence-corrected chi connectivity index (χ3v) is 2.30. The SMILES string of the molecule is O=C(O)c1cccc(-n2cccc(O)c2=O)c1. The molecule has 0 atom stereocenters. The Bertz CT molecular complexity index is 630. The van der Waals surface area contributed by atoms with Gasteiger partial charge in [0.2, 0.25) is 0 Å². The van der Waals surface area contributed by atoms with Gasteiger partial charge in [0.15, 0.2) is 5.75 Å². The number of benzene rings is 1. The van der Waals surface area contributed by atoms with E-state index >= 15 is 0 Å². The number of aromatic hydroxyl groups is 1. The van der Waals surface area contributed by atoms with E-state index in [1.807, 2.05) is 0 Å². The average molecular weight is 231 g/mol. The number of aromatic carboxylic acids is 1. The Balaban J connectivity index is 2.61. The van der Waals surface area contributed by atoms with Gasteiger partial charge >= 0.3 is 5.97 Å². The molecule has 0 aliphatic carbocycles. The van der Waals surface area contributed by atoms with Crippen LogP contribution in [0.1, 0.15) is 10.4 Å². The lowest BCUT2D eigenvalue weighted by Crippen LogP contribution is -2.16. The van der Waals surface area contributed by atoms with Crippen molar-refractivity contribution in [1.29, 1.82) is 0 Å². The smallest absolute Gasteiger partial charge is 0.335 e. The lowest BCUT2D eigenvalue weighted by molar-refractivity contribution is 0.0697. The van der Waals surface area contributed by atoms with Gasteiger partial charge < -0.3 is 10.2 Å². The van der Waals surface area contributed by atoms with Gasteiger partial charge in [-0.3, -0.25) is 9.36 Å². The van der Waals surface area contributed by atoms with Crippen LogP contribution in [0.3, 0.4) is 0 Å². The van der Waals surface area contributed by atoms with Crippen molar-refractivity contribution in [2.75, 3.05) is 0 Å². The number of carboxylic acid groups (broad SMARTS) is 1. The van der Waals surface area contributed by atoms with Gasteiger partial charge in [-0.15, -0.1) is 0 Å². The van der Waals surface area contributed by atoms with Crippen molar-refractivity contribution in [3.8, 4) is 11.4 Å². The van der Waals surface area contributed by atoms with Crippen LogP contribution in [0.2, 0.25) is 0 Å². The molecule has 0 bridgehead atoms. The standard InChI is InChI=1S/C12H9NO4/c14-10-5-2-6-13(11(10)15)9-4-1-3-8(7-9)12(16)17/h1-7,14H,(H,16,17). The zero-order chi connectivity index (χ0) is 12.4. The number of rotatable bonds is 2. The average Bonchev–Trinajstić information content (AvgIpc) is 2.33. The summed E-state index contributed by atoms with van der Waals surface area (Å²) in [5.74, 6) is -1.45. The van der Waals surface area contributed by atoms with Crippen molar-refractivity contribution in [2.24, 2.45) is 0 Å². The van der Waals surface area contributed by atoms with Gasteiger partial charge in [-0.25, -0.2) is 4.79 Å². The van der Waals surface area contributed by atoms with E-state index in [-0.39, 0.29) is 11.3 Å². The largest absolute Gasteiger partial charge is 0.503 e. The topological polar surface area (TPSA) is 79.5 Å². The summed E-state index contributed by atoms with van der Waals surface area (Å²) in [7, 11) is 0. The molecule has 1 heterocycles. The van der Waals surface area contributed by atoms with Gasteiger partial charge in [0, 0.05) is 11.9 Å². The van der Waals surface area contributed by atoms with E-state index in [0.717, 1.165) is 0 Å². The molecular formula is C12H9NO4. The predicted molar refractivity (Wildman–Crippen MR) is 60.7 cm³/mol. The molecule has 86 valence electrons. The summed E-state index contributed by atoms with van der Waals surface area (Å²) < 4.78 is 1.18. The Morgan fingerprint density at radius 1 is 1.18 bits per heavy atom. The minimum atomic E-state index is -1.07. The minimum absolute atomic E-state index is 0.0812. The molecule has 5 nitrogen and oxygen atoms in total. The van der Waals surface area contributed by atoms with Crippen LogP contribution in [0, 0.1) is 0 Å². The molecule has 0 unspecified atom stereocenters. The van der Waals surface area contributed by atoms with Crippen molar-refractivity contribution in [3.05, 3.63) is 58.5 Å². The van der Waals surface area contributed by atoms with Gasteiger partial charge in [-0.05, 0) is 30.3 Å². The fourth-order valence-corrected chi connectivity index (χ4v) is 1.47. The first-order valence-corrected chi connectivity index (χ1v) is 4.84. The fourth-order valence-electron chi connectivity index (χ4n) is 1.47. The summed E-state index contributed by atoms with van der Waals surface area (Å²) >= 11 is 0. The third-order valence-electron chi connectivity index (χ3n) is 2.30. The molecule has 2 rings (SSSR count). The Morgan fingerprint density at radius 3 is 2.65 bits per heavy atom. The second-order valence-electron chi connectivity index (χ2n) is 3.42. The molecule has 17 heavy (non-hydrogen) atoms. The molecule has 2 aromatic rings. The summed E-state index contributed by atoms with van der Waals surface area (Å²) in [5, 5.41) is 18.1. The molecule has 0 saturated carbocycles. The highest BCUT2D eigenvalue weighted by Gasteiger charge is 2.06. The van der Waals surface area contributed by atoms with Gasteiger partial charge in [0.1, 0.15) is 0 Å². The van der Waals surface area contributed by atoms with E-state index in [1.165, 1.54) is 41.1 Å². The van der Waals surface area contributed by atoms with Crippen molar-refractivity contribution in [3.63, 3.8) is 0 Å². The maximum Gasteiger partial charge on any atom is 0.335 e. The van der Waals surface area contributed by atoms with Crippen LogP contribution in [0.25, 0.3) is 5.69 Å². The quantitative estimate of drug-likeness (QED) is 0.814. The van der Waals surface area contributed by atoms with E-state index in [9.17, 15) is 14.7 Å². The molecule has 0 saturated heterocycles. The van der Waals surface area contributed by atoms with Crippen molar-refractivity contribution in [1.82, 2.24) is 4.57 Å². The second-order valence-corrected chi connectivity index (χ2v) is 3.42. The lowest BCUT2D eigenvalue weighted by Gasteiger charge is -2.06. The maximum absolute atomic E-state index is 11.6. The molecule has 1 aromatic carbocycles. The molecule has 0 aliphatic rings. The zero-order valence-electron chi connectivity index (χ0n) is 8.70. The maximum atomic E-state index is 11.6.